The summed E-state index contributed by atoms with van der Waals surface area (Å²) < 4.78 is 0. The van der Waals surface area contributed by atoms with Crippen molar-refractivity contribution in [1.82, 2.24) is 20.2 Å². The van der Waals surface area contributed by atoms with E-state index in [9.17, 15) is 9.59 Å². The van der Waals surface area contributed by atoms with Crippen LogP contribution in [0.25, 0.3) is 0 Å². The van der Waals surface area contributed by atoms with Crippen LogP contribution in [0.1, 0.15) is 49.4 Å². The molecule has 10 heteroatoms. The average molecular weight is 514 g/mol. The zero-order valence-electron chi connectivity index (χ0n) is 21.6. The van der Waals surface area contributed by atoms with Gasteiger partial charge in [0.15, 0.2) is 5.82 Å². The SMILES string of the molecule is CC1CN(C2CCCC2)c2nc(Nc3ccc(C(=O)NCCCN(C)C)c(Cl)c3)ncc2N(C)C1=O. The van der Waals surface area contributed by atoms with Crippen molar-refractivity contribution >= 4 is 46.6 Å². The molecule has 9 nitrogen and oxygen atoms in total. The Bertz CT molecular complexity index is 1100. The summed E-state index contributed by atoms with van der Waals surface area (Å²) in [6.07, 6.45) is 7.16. The van der Waals surface area contributed by atoms with E-state index in [1.165, 1.54) is 12.8 Å². The fourth-order valence-electron chi connectivity index (χ4n) is 4.92. The molecule has 1 aromatic heterocycles. The highest BCUT2D eigenvalue weighted by atomic mass is 35.5. The van der Waals surface area contributed by atoms with Gasteiger partial charge in [-0.1, -0.05) is 31.4 Å². The summed E-state index contributed by atoms with van der Waals surface area (Å²) in [4.78, 5) is 40.8. The maximum atomic E-state index is 12.9. The molecule has 1 atom stereocenters. The van der Waals surface area contributed by atoms with Crippen LogP contribution in [-0.2, 0) is 4.79 Å². The molecule has 0 radical (unpaired) electrons. The third-order valence-electron chi connectivity index (χ3n) is 6.91. The number of nitrogens with one attached hydrogen (secondary N) is 2. The molecule has 0 saturated heterocycles. The third-order valence-corrected chi connectivity index (χ3v) is 7.22. The van der Waals surface area contributed by atoms with Gasteiger partial charge in [-0.05, 0) is 58.1 Å². The molecule has 1 aliphatic heterocycles. The first-order valence-electron chi connectivity index (χ1n) is 12.7. The van der Waals surface area contributed by atoms with Crippen LogP contribution in [0.4, 0.5) is 23.1 Å². The van der Waals surface area contributed by atoms with Gasteiger partial charge in [-0.3, -0.25) is 9.59 Å². The highest BCUT2D eigenvalue weighted by Crippen LogP contribution is 2.37. The lowest BCUT2D eigenvalue weighted by atomic mass is 10.1. The molecule has 2 N–H and O–H groups in total. The van der Waals surface area contributed by atoms with Crippen molar-refractivity contribution in [2.75, 3.05) is 55.9 Å². The van der Waals surface area contributed by atoms with Crippen LogP contribution in [0, 0.1) is 5.92 Å². The van der Waals surface area contributed by atoms with E-state index in [0.29, 0.717) is 41.4 Å². The zero-order chi connectivity index (χ0) is 25.8. The second kappa shape index (κ2) is 11.4. The van der Waals surface area contributed by atoms with Gasteiger partial charge in [-0.2, -0.15) is 4.98 Å². The Morgan fingerprint density at radius 3 is 2.69 bits per heavy atom. The number of amides is 2. The molecule has 2 aromatic rings. The third kappa shape index (κ3) is 5.90. The molecule has 4 rings (SSSR count). The van der Waals surface area contributed by atoms with Crippen molar-refractivity contribution in [1.29, 1.82) is 0 Å². The van der Waals surface area contributed by atoms with Crippen LogP contribution in [-0.4, -0.2) is 73.5 Å². The first kappa shape index (κ1) is 26.2. The standard InChI is InChI=1S/C26H36ClN7O2/c1-17-16-34(19-8-5-6-9-19)23-22(33(4)25(17)36)15-29-26(31-23)30-18-10-11-20(21(27)14-18)24(35)28-12-7-13-32(2)3/h10-11,14-15,17,19H,5-9,12-13,16H2,1-4H3,(H,28,35)(H,29,30,31). The van der Waals surface area contributed by atoms with Gasteiger partial charge in [0.1, 0.15) is 5.69 Å². The van der Waals surface area contributed by atoms with Gasteiger partial charge in [-0.25, -0.2) is 4.98 Å². The number of aromatic nitrogens is 2. The Morgan fingerprint density at radius 2 is 2.00 bits per heavy atom. The number of benzene rings is 1. The van der Waals surface area contributed by atoms with Crippen LogP contribution < -0.4 is 20.4 Å². The largest absolute Gasteiger partial charge is 0.352 e. The summed E-state index contributed by atoms with van der Waals surface area (Å²) in [5.74, 6) is 0.953. The molecule has 1 aliphatic carbocycles. The maximum Gasteiger partial charge on any atom is 0.252 e. The first-order valence-corrected chi connectivity index (χ1v) is 13.0. The highest BCUT2D eigenvalue weighted by molar-refractivity contribution is 6.34. The van der Waals surface area contributed by atoms with Crippen molar-refractivity contribution in [2.24, 2.45) is 5.92 Å². The minimum atomic E-state index is -0.194. The number of halogens is 1. The molecule has 0 bridgehead atoms. The van der Waals surface area contributed by atoms with E-state index in [1.54, 1.807) is 36.3 Å². The van der Waals surface area contributed by atoms with Gasteiger partial charge in [0.05, 0.1) is 22.7 Å². The highest BCUT2D eigenvalue weighted by Gasteiger charge is 2.35. The summed E-state index contributed by atoms with van der Waals surface area (Å²) in [6, 6.07) is 5.58. The average Bonchev–Trinajstić information content (AvgIpc) is 3.36. The summed E-state index contributed by atoms with van der Waals surface area (Å²) in [5, 5.41) is 6.49. The van der Waals surface area contributed by atoms with Crippen LogP contribution in [0.15, 0.2) is 24.4 Å². The quantitative estimate of drug-likeness (QED) is 0.517. The number of anilines is 4. The van der Waals surface area contributed by atoms with Gasteiger partial charge >= 0.3 is 0 Å². The summed E-state index contributed by atoms with van der Waals surface area (Å²) >= 11 is 6.45. The number of hydrogen-bond acceptors (Lipinski definition) is 7. The number of fused-ring (bicyclic) bond motifs is 1. The Morgan fingerprint density at radius 1 is 1.25 bits per heavy atom. The molecule has 1 unspecified atom stereocenters. The number of carbonyl (C=O) groups is 2. The van der Waals surface area contributed by atoms with E-state index < -0.39 is 0 Å². The van der Waals surface area contributed by atoms with Crippen molar-refractivity contribution in [3.63, 3.8) is 0 Å². The number of hydrogen-bond donors (Lipinski definition) is 2. The van der Waals surface area contributed by atoms with E-state index in [-0.39, 0.29) is 17.7 Å². The first-order chi connectivity index (χ1) is 17.2. The van der Waals surface area contributed by atoms with Gasteiger partial charge in [0.2, 0.25) is 11.9 Å². The monoisotopic (exact) mass is 513 g/mol. The normalized spacial score (nSPS) is 18.4. The van der Waals surface area contributed by atoms with Crippen molar-refractivity contribution in [2.45, 2.75) is 45.1 Å². The Kier molecular flexibility index (Phi) is 8.31. The zero-order valence-corrected chi connectivity index (χ0v) is 22.3. The van der Waals surface area contributed by atoms with Crippen molar-refractivity contribution in [3.8, 4) is 0 Å². The maximum absolute atomic E-state index is 12.9. The molecular formula is C26H36ClN7O2. The lowest BCUT2D eigenvalue weighted by Crippen LogP contribution is -2.38. The van der Waals surface area contributed by atoms with Crippen LogP contribution >= 0.6 is 11.6 Å². The lowest BCUT2D eigenvalue weighted by molar-refractivity contribution is -0.121. The lowest BCUT2D eigenvalue weighted by Gasteiger charge is -2.31. The topological polar surface area (TPSA) is 93.7 Å². The Balaban J connectivity index is 1.52. The van der Waals surface area contributed by atoms with E-state index in [4.69, 9.17) is 16.6 Å². The van der Waals surface area contributed by atoms with Crippen molar-refractivity contribution in [3.05, 3.63) is 35.0 Å². The predicted octanol–water partition coefficient (Wildman–Crippen LogP) is 3.92. The minimum absolute atomic E-state index is 0.0726. The predicted molar refractivity (Wildman–Crippen MR) is 144 cm³/mol. The number of nitrogens with zero attached hydrogens (tertiary/aromatic N) is 5. The molecule has 194 valence electrons. The molecule has 2 amide bonds. The molecule has 0 spiro atoms. The number of carbonyl (C=O) groups excluding carboxylic acids is 2. The molecular weight excluding hydrogens is 478 g/mol. The van der Waals surface area contributed by atoms with Gasteiger partial charge in [0, 0.05) is 31.9 Å². The van der Waals surface area contributed by atoms with Crippen LogP contribution in [0.2, 0.25) is 5.02 Å². The van der Waals surface area contributed by atoms with E-state index in [1.807, 2.05) is 21.0 Å². The molecule has 2 heterocycles. The van der Waals surface area contributed by atoms with Gasteiger partial charge in [0.25, 0.3) is 5.91 Å². The summed E-state index contributed by atoms with van der Waals surface area (Å²) in [6.45, 7) is 4.10. The Hall–Kier alpha value is -2.91. The molecule has 1 saturated carbocycles. The second-order valence-electron chi connectivity index (χ2n) is 10.0. The molecule has 36 heavy (non-hydrogen) atoms. The van der Waals surface area contributed by atoms with Gasteiger partial charge in [-0.15, -0.1) is 0 Å². The van der Waals surface area contributed by atoms with E-state index >= 15 is 0 Å². The Labute approximate surface area is 218 Å². The van der Waals surface area contributed by atoms with Crippen LogP contribution in [0.3, 0.4) is 0 Å². The summed E-state index contributed by atoms with van der Waals surface area (Å²) in [7, 11) is 5.79. The van der Waals surface area contributed by atoms with Gasteiger partial charge < -0.3 is 25.3 Å². The summed E-state index contributed by atoms with van der Waals surface area (Å²) in [5.41, 5.74) is 1.83. The van der Waals surface area contributed by atoms with E-state index in [2.05, 4.69) is 25.4 Å². The number of rotatable bonds is 8. The van der Waals surface area contributed by atoms with Crippen LogP contribution in [0.5, 0.6) is 0 Å². The smallest absolute Gasteiger partial charge is 0.252 e. The molecule has 1 aromatic carbocycles. The van der Waals surface area contributed by atoms with E-state index in [0.717, 1.165) is 37.3 Å². The molecule has 2 aliphatic rings. The fraction of sp³-hybridized carbons (Fsp3) is 0.538. The molecule has 1 fully saturated rings. The second-order valence-corrected chi connectivity index (χ2v) is 10.4. The minimum Gasteiger partial charge on any atom is -0.352 e. The fourth-order valence-corrected chi connectivity index (χ4v) is 5.19. The van der Waals surface area contributed by atoms with Crippen molar-refractivity contribution < 1.29 is 9.59 Å².